The molecular weight excluding hydrogens is 276 g/mol. The molecule has 1 aromatic rings. The van der Waals surface area contributed by atoms with E-state index >= 15 is 0 Å². The fourth-order valence-electron chi connectivity index (χ4n) is 3.07. The third-order valence-corrected chi connectivity index (χ3v) is 5.66. The number of thioether (sulfide) groups is 1. The van der Waals surface area contributed by atoms with Crippen LogP contribution < -0.4 is 9.47 Å². The fourth-order valence-corrected chi connectivity index (χ4v) is 4.84. The second-order valence-corrected chi connectivity index (χ2v) is 6.88. The van der Waals surface area contributed by atoms with Crippen molar-refractivity contribution < 1.29 is 14.3 Å². The average molecular weight is 294 g/mol. The van der Waals surface area contributed by atoms with Gasteiger partial charge >= 0.3 is 6.01 Å². The Balaban J connectivity index is 1.83. The van der Waals surface area contributed by atoms with E-state index in [1.54, 1.807) is 0 Å². The Bertz CT molecular complexity index is 511. The Labute approximate surface area is 122 Å². The third-order valence-electron chi connectivity index (χ3n) is 4.03. The van der Waals surface area contributed by atoms with E-state index in [4.69, 9.17) is 9.47 Å². The number of aromatic nitrogens is 2. The van der Waals surface area contributed by atoms with E-state index in [1.165, 1.54) is 33.3 Å². The first-order valence-electron chi connectivity index (χ1n) is 6.86. The van der Waals surface area contributed by atoms with Crippen LogP contribution in [0, 0.1) is 5.92 Å². The zero-order chi connectivity index (χ0) is 14.1. The van der Waals surface area contributed by atoms with Crippen LogP contribution in [0.2, 0.25) is 0 Å². The van der Waals surface area contributed by atoms with Crippen molar-refractivity contribution in [2.45, 2.75) is 36.2 Å². The number of carbonyl (C=O) groups excluding carboxylic acids is 1. The zero-order valence-corrected chi connectivity index (χ0v) is 12.5. The van der Waals surface area contributed by atoms with E-state index in [0.717, 1.165) is 12.8 Å². The number of hydrogen-bond acceptors (Lipinski definition) is 6. The zero-order valence-electron chi connectivity index (χ0n) is 11.7. The number of nitrogens with zero attached hydrogens (tertiary/aromatic N) is 2. The van der Waals surface area contributed by atoms with Gasteiger partial charge in [0, 0.05) is 22.6 Å². The standard InChI is InChI=1S/C14H18N2O3S/c1-18-13-11(7-15-14(16-13)19-2)12(17)8-5-9-3-4-10(6-8)20-9/h7-10H,3-6H2,1-2H3. The van der Waals surface area contributed by atoms with Crippen LogP contribution in [0.3, 0.4) is 0 Å². The highest BCUT2D eigenvalue weighted by atomic mass is 32.2. The molecule has 0 radical (unpaired) electrons. The molecule has 3 heterocycles. The number of ketones is 1. The highest BCUT2D eigenvalue weighted by molar-refractivity contribution is 8.00. The van der Waals surface area contributed by atoms with Crippen molar-refractivity contribution in [3.05, 3.63) is 11.8 Å². The number of hydrogen-bond donors (Lipinski definition) is 0. The summed E-state index contributed by atoms with van der Waals surface area (Å²) in [5, 5.41) is 1.29. The van der Waals surface area contributed by atoms with Gasteiger partial charge in [0.25, 0.3) is 0 Å². The first kappa shape index (κ1) is 13.7. The molecule has 0 spiro atoms. The quantitative estimate of drug-likeness (QED) is 0.794. The molecule has 1 aromatic heterocycles. The fraction of sp³-hybridized carbons (Fsp3) is 0.643. The summed E-state index contributed by atoms with van der Waals surface area (Å²) in [4.78, 5) is 20.8. The molecule has 2 bridgehead atoms. The SMILES string of the molecule is COc1ncc(C(=O)C2CC3CCC(C2)S3)c(OC)n1. The summed E-state index contributed by atoms with van der Waals surface area (Å²) in [5.74, 6) is 0.508. The summed E-state index contributed by atoms with van der Waals surface area (Å²) >= 11 is 2.05. The summed E-state index contributed by atoms with van der Waals surface area (Å²) in [6, 6.07) is 0.220. The number of carbonyl (C=O) groups is 1. The van der Waals surface area contributed by atoms with Crippen molar-refractivity contribution in [1.82, 2.24) is 9.97 Å². The largest absolute Gasteiger partial charge is 0.480 e. The van der Waals surface area contributed by atoms with E-state index in [-0.39, 0.29) is 17.7 Å². The Morgan fingerprint density at radius 3 is 2.55 bits per heavy atom. The molecule has 0 aliphatic carbocycles. The monoisotopic (exact) mass is 294 g/mol. The molecule has 0 N–H and O–H groups in total. The van der Waals surface area contributed by atoms with Crippen LogP contribution >= 0.6 is 11.8 Å². The summed E-state index contributed by atoms with van der Waals surface area (Å²) in [7, 11) is 3.01. The van der Waals surface area contributed by atoms with Crippen molar-refractivity contribution in [1.29, 1.82) is 0 Å². The van der Waals surface area contributed by atoms with Gasteiger partial charge in [0.05, 0.1) is 19.8 Å². The number of ether oxygens (including phenoxy) is 2. The maximum absolute atomic E-state index is 12.7. The minimum absolute atomic E-state index is 0.0830. The molecule has 0 amide bonds. The van der Waals surface area contributed by atoms with Crippen molar-refractivity contribution in [3.63, 3.8) is 0 Å². The van der Waals surface area contributed by atoms with E-state index in [1.807, 2.05) is 11.8 Å². The topological polar surface area (TPSA) is 61.3 Å². The molecule has 2 unspecified atom stereocenters. The average Bonchev–Trinajstić information content (AvgIpc) is 2.84. The molecule has 2 atom stereocenters. The molecule has 108 valence electrons. The number of fused-ring (bicyclic) bond motifs is 2. The minimum Gasteiger partial charge on any atom is -0.480 e. The van der Waals surface area contributed by atoms with E-state index in [9.17, 15) is 4.79 Å². The second kappa shape index (κ2) is 5.60. The van der Waals surface area contributed by atoms with Crippen LogP contribution in [0.1, 0.15) is 36.0 Å². The Hall–Kier alpha value is -1.30. The number of rotatable bonds is 4. The summed E-state index contributed by atoms with van der Waals surface area (Å²) in [5.41, 5.74) is 0.476. The highest BCUT2D eigenvalue weighted by Crippen LogP contribution is 2.46. The molecule has 6 heteroatoms. The highest BCUT2D eigenvalue weighted by Gasteiger charge is 2.38. The van der Waals surface area contributed by atoms with Crippen LogP contribution in [-0.2, 0) is 0 Å². The van der Waals surface area contributed by atoms with Crippen LogP contribution in [0.25, 0.3) is 0 Å². The summed E-state index contributed by atoms with van der Waals surface area (Å²) < 4.78 is 10.2. The lowest BCUT2D eigenvalue weighted by atomic mass is 9.91. The Kier molecular flexibility index (Phi) is 3.83. The van der Waals surface area contributed by atoms with Gasteiger partial charge in [0.15, 0.2) is 5.78 Å². The molecule has 3 rings (SSSR count). The minimum atomic E-state index is 0.0830. The van der Waals surface area contributed by atoms with Gasteiger partial charge in [-0.05, 0) is 25.7 Å². The van der Waals surface area contributed by atoms with E-state index in [2.05, 4.69) is 9.97 Å². The molecule has 2 saturated heterocycles. The van der Waals surface area contributed by atoms with Gasteiger partial charge in [-0.2, -0.15) is 16.7 Å². The molecule has 2 aliphatic heterocycles. The van der Waals surface area contributed by atoms with E-state index in [0.29, 0.717) is 21.9 Å². The lowest BCUT2D eigenvalue weighted by Gasteiger charge is -2.26. The lowest BCUT2D eigenvalue weighted by molar-refractivity contribution is 0.0902. The van der Waals surface area contributed by atoms with Gasteiger partial charge in [-0.3, -0.25) is 4.79 Å². The maximum Gasteiger partial charge on any atom is 0.319 e. The van der Waals surface area contributed by atoms with Crippen molar-refractivity contribution in [2.75, 3.05) is 14.2 Å². The van der Waals surface area contributed by atoms with Gasteiger partial charge in [-0.25, -0.2) is 4.98 Å². The van der Waals surface area contributed by atoms with Crippen LogP contribution in [0.15, 0.2) is 6.20 Å². The van der Waals surface area contributed by atoms with Gasteiger partial charge in [0.1, 0.15) is 0 Å². The van der Waals surface area contributed by atoms with Crippen molar-refractivity contribution in [3.8, 4) is 11.9 Å². The molecule has 0 aromatic carbocycles. The first-order valence-corrected chi connectivity index (χ1v) is 7.80. The molecule has 20 heavy (non-hydrogen) atoms. The number of Topliss-reactive ketones (excluding diaryl/α,β-unsaturated/α-hetero) is 1. The molecular formula is C14H18N2O3S. The van der Waals surface area contributed by atoms with Crippen LogP contribution in [-0.4, -0.2) is 40.5 Å². The van der Waals surface area contributed by atoms with Crippen molar-refractivity contribution in [2.24, 2.45) is 5.92 Å². The lowest BCUT2D eigenvalue weighted by Crippen LogP contribution is -2.25. The van der Waals surface area contributed by atoms with Gasteiger partial charge < -0.3 is 9.47 Å². The third kappa shape index (κ3) is 2.49. The first-order chi connectivity index (χ1) is 9.71. The van der Waals surface area contributed by atoms with Gasteiger partial charge in [-0.1, -0.05) is 0 Å². The maximum atomic E-state index is 12.7. The smallest absolute Gasteiger partial charge is 0.319 e. The predicted molar refractivity (Wildman–Crippen MR) is 76.6 cm³/mol. The normalized spacial score (nSPS) is 28.2. The molecule has 2 fully saturated rings. The molecule has 2 aliphatic rings. The van der Waals surface area contributed by atoms with E-state index < -0.39 is 0 Å². The van der Waals surface area contributed by atoms with Crippen molar-refractivity contribution >= 4 is 17.5 Å². The molecule has 5 nitrogen and oxygen atoms in total. The van der Waals surface area contributed by atoms with Gasteiger partial charge in [0.2, 0.25) is 5.88 Å². The Morgan fingerprint density at radius 2 is 1.95 bits per heavy atom. The van der Waals surface area contributed by atoms with Crippen LogP contribution in [0.5, 0.6) is 11.9 Å². The number of methoxy groups -OCH3 is 2. The molecule has 0 saturated carbocycles. The Morgan fingerprint density at radius 1 is 1.25 bits per heavy atom. The predicted octanol–water partition coefficient (Wildman–Crippen LogP) is 2.35. The van der Waals surface area contributed by atoms with Gasteiger partial charge in [-0.15, -0.1) is 0 Å². The van der Waals surface area contributed by atoms with Crippen LogP contribution in [0.4, 0.5) is 0 Å². The summed E-state index contributed by atoms with van der Waals surface area (Å²) in [6.45, 7) is 0. The summed E-state index contributed by atoms with van der Waals surface area (Å²) in [6.07, 6.45) is 5.95. The second-order valence-electron chi connectivity index (χ2n) is 5.27.